The second-order valence-corrected chi connectivity index (χ2v) is 13.4. The Hall–Kier alpha value is -4.02. The van der Waals surface area contributed by atoms with Gasteiger partial charge in [0.05, 0.1) is 12.6 Å². The second-order valence-electron chi connectivity index (χ2n) is 13.4. The molecule has 2 amide bonds. The van der Waals surface area contributed by atoms with Gasteiger partial charge in [-0.05, 0) is 98.4 Å². The molecule has 0 radical (unpaired) electrons. The first-order valence-corrected chi connectivity index (χ1v) is 15.6. The van der Waals surface area contributed by atoms with E-state index in [0.29, 0.717) is 36.1 Å². The van der Waals surface area contributed by atoms with Gasteiger partial charge in [-0.15, -0.1) is 10.2 Å². The Kier molecular flexibility index (Phi) is 8.06. The van der Waals surface area contributed by atoms with Gasteiger partial charge < -0.3 is 10.2 Å². The maximum Gasteiger partial charge on any atom is 0.275 e. The Balaban J connectivity index is 1.33. The van der Waals surface area contributed by atoms with E-state index in [4.69, 9.17) is 4.99 Å². The molecule has 1 atom stereocenters. The van der Waals surface area contributed by atoms with E-state index < -0.39 is 17.3 Å². The van der Waals surface area contributed by atoms with Crippen molar-refractivity contribution in [1.29, 1.82) is 0 Å². The summed E-state index contributed by atoms with van der Waals surface area (Å²) < 4.78 is 28.7. The number of benzene rings is 2. The van der Waals surface area contributed by atoms with Crippen molar-refractivity contribution in [2.45, 2.75) is 90.4 Å². The SMILES string of the molecule is CC(C)C1CCC2(CC1)N=C(c1cc(F)cc(F)c1)C(=O)N2[C@H](CCC1(C)CC1)c1ccc(C(=O)NCc2nn[nH]n2)cc1. The van der Waals surface area contributed by atoms with Gasteiger partial charge in [-0.3, -0.25) is 14.6 Å². The van der Waals surface area contributed by atoms with Crippen molar-refractivity contribution in [1.82, 2.24) is 30.8 Å². The molecular weight excluding hydrogens is 564 g/mol. The van der Waals surface area contributed by atoms with E-state index in [0.717, 1.165) is 50.2 Å². The van der Waals surface area contributed by atoms with Crippen LogP contribution in [0.2, 0.25) is 0 Å². The van der Waals surface area contributed by atoms with Gasteiger partial charge in [0.25, 0.3) is 11.8 Å². The fourth-order valence-corrected chi connectivity index (χ4v) is 6.81. The van der Waals surface area contributed by atoms with E-state index in [2.05, 4.69) is 46.7 Å². The molecule has 11 heteroatoms. The van der Waals surface area contributed by atoms with Gasteiger partial charge in [0, 0.05) is 17.2 Å². The summed E-state index contributed by atoms with van der Waals surface area (Å²) in [5.74, 6) is -0.632. The Bertz CT molecular complexity index is 1520. The van der Waals surface area contributed by atoms with Gasteiger partial charge in [0.1, 0.15) is 23.0 Å². The molecule has 2 N–H and O–H groups in total. The zero-order valence-electron chi connectivity index (χ0n) is 25.4. The van der Waals surface area contributed by atoms with Crippen LogP contribution in [0.4, 0.5) is 8.78 Å². The lowest BCUT2D eigenvalue weighted by molar-refractivity contribution is -0.133. The number of hydrogen-bond donors (Lipinski definition) is 2. The maximum atomic E-state index is 14.4. The number of H-pyrrole nitrogens is 1. The van der Waals surface area contributed by atoms with Crippen LogP contribution in [0.5, 0.6) is 0 Å². The quantitative estimate of drug-likeness (QED) is 0.299. The van der Waals surface area contributed by atoms with Crippen LogP contribution in [0.3, 0.4) is 0 Å². The van der Waals surface area contributed by atoms with E-state index in [1.165, 1.54) is 12.1 Å². The van der Waals surface area contributed by atoms with Crippen LogP contribution in [0.25, 0.3) is 0 Å². The molecular formula is C33H39F2N7O2. The summed E-state index contributed by atoms with van der Waals surface area (Å²) in [6.07, 6.45) is 7.17. The predicted octanol–water partition coefficient (Wildman–Crippen LogP) is 5.90. The highest BCUT2D eigenvalue weighted by Crippen LogP contribution is 2.53. The molecule has 3 aromatic rings. The van der Waals surface area contributed by atoms with Crippen molar-refractivity contribution >= 4 is 17.5 Å². The topological polar surface area (TPSA) is 116 Å². The molecule has 232 valence electrons. The third-order valence-corrected chi connectivity index (χ3v) is 9.89. The summed E-state index contributed by atoms with van der Waals surface area (Å²) in [5.41, 5.74) is 1.11. The molecule has 2 heterocycles. The normalized spacial score (nSPS) is 23.2. The predicted molar refractivity (Wildman–Crippen MR) is 160 cm³/mol. The summed E-state index contributed by atoms with van der Waals surface area (Å²) in [6, 6.07) is 10.2. The van der Waals surface area contributed by atoms with Crippen molar-refractivity contribution < 1.29 is 18.4 Å². The number of carbonyl (C=O) groups excluding carboxylic acids is 2. The fourth-order valence-electron chi connectivity index (χ4n) is 6.81. The number of carbonyl (C=O) groups is 2. The molecule has 1 aliphatic heterocycles. The Morgan fingerprint density at radius 2 is 1.75 bits per heavy atom. The first-order valence-electron chi connectivity index (χ1n) is 15.6. The highest BCUT2D eigenvalue weighted by Gasteiger charge is 2.52. The maximum absolute atomic E-state index is 14.4. The number of halogens is 2. The lowest BCUT2D eigenvalue weighted by Gasteiger charge is -2.46. The Morgan fingerprint density at radius 1 is 1.07 bits per heavy atom. The molecule has 0 unspecified atom stereocenters. The van der Waals surface area contributed by atoms with Crippen molar-refractivity contribution in [3.05, 3.63) is 76.6 Å². The number of amides is 2. The van der Waals surface area contributed by atoms with E-state index >= 15 is 0 Å². The highest BCUT2D eigenvalue weighted by molar-refractivity contribution is 6.46. The lowest BCUT2D eigenvalue weighted by Crippen LogP contribution is -2.51. The van der Waals surface area contributed by atoms with Gasteiger partial charge in [-0.1, -0.05) is 38.1 Å². The molecule has 2 saturated carbocycles. The van der Waals surface area contributed by atoms with Crippen molar-refractivity contribution in [2.75, 3.05) is 0 Å². The Labute approximate surface area is 255 Å². The Morgan fingerprint density at radius 3 is 2.34 bits per heavy atom. The first kappa shape index (κ1) is 30.0. The number of nitrogens with one attached hydrogen (secondary N) is 2. The van der Waals surface area contributed by atoms with Crippen LogP contribution in [0, 0.1) is 28.9 Å². The van der Waals surface area contributed by atoms with Crippen LogP contribution in [-0.4, -0.2) is 48.7 Å². The smallest absolute Gasteiger partial charge is 0.275 e. The average Bonchev–Trinajstić information content (AvgIpc) is 3.38. The summed E-state index contributed by atoms with van der Waals surface area (Å²) in [6.45, 7) is 6.86. The van der Waals surface area contributed by atoms with Gasteiger partial charge in [0.15, 0.2) is 5.82 Å². The zero-order chi connectivity index (χ0) is 31.1. The van der Waals surface area contributed by atoms with E-state index in [1.807, 2.05) is 17.0 Å². The largest absolute Gasteiger partial charge is 0.345 e. The molecule has 2 fully saturated rings. The summed E-state index contributed by atoms with van der Waals surface area (Å²) in [5, 5.41) is 16.4. The molecule has 0 saturated heterocycles. The number of rotatable bonds is 10. The van der Waals surface area contributed by atoms with Gasteiger partial charge >= 0.3 is 0 Å². The van der Waals surface area contributed by atoms with E-state index in [-0.39, 0.29) is 41.1 Å². The summed E-state index contributed by atoms with van der Waals surface area (Å²) >= 11 is 0. The molecule has 9 nitrogen and oxygen atoms in total. The van der Waals surface area contributed by atoms with E-state index in [9.17, 15) is 18.4 Å². The van der Waals surface area contributed by atoms with Crippen LogP contribution >= 0.6 is 0 Å². The number of hydrogen-bond acceptors (Lipinski definition) is 6. The van der Waals surface area contributed by atoms with Crippen LogP contribution in [0.1, 0.15) is 105 Å². The van der Waals surface area contributed by atoms with Gasteiger partial charge in [0.2, 0.25) is 0 Å². The van der Waals surface area contributed by atoms with Crippen LogP contribution < -0.4 is 5.32 Å². The number of aromatic nitrogens is 4. The lowest BCUT2D eigenvalue weighted by atomic mass is 9.75. The number of nitrogens with zero attached hydrogens (tertiary/aromatic N) is 5. The highest BCUT2D eigenvalue weighted by atomic mass is 19.1. The van der Waals surface area contributed by atoms with E-state index in [1.54, 1.807) is 12.1 Å². The molecule has 44 heavy (non-hydrogen) atoms. The number of aliphatic imine (C=N–C) groups is 1. The standard InChI is InChI=1S/C33H39F2N7O2/c1-20(2)21-8-12-33(13-9-21)37-29(24-16-25(34)18-26(35)17-24)31(44)42(33)27(10-11-32(3)14-15-32)22-4-6-23(7-5-22)30(43)36-19-28-38-40-41-39-28/h4-7,16-18,20-21,27H,8-15,19H2,1-3H3,(H,36,43)(H,38,39,40,41)/t21?,27-,33?/m1/s1. The van der Waals surface area contributed by atoms with Gasteiger partial charge in [-0.25, -0.2) is 8.78 Å². The number of aromatic amines is 1. The molecule has 2 aliphatic carbocycles. The van der Waals surface area contributed by atoms with Gasteiger partial charge in [-0.2, -0.15) is 5.21 Å². The minimum atomic E-state index is -0.795. The van der Waals surface area contributed by atoms with Crippen molar-refractivity contribution in [3.63, 3.8) is 0 Å². The molecule has 1 spiro atoms. The third-order valence-electron chi connectivity index (χ3n) is 9.89. The minimum Gasteiger partial charge on any atom is -0.345 e. The zero-order valence-corrected chi connectivity index (χ0v) is 25.4. The number of tetrazole rings is 1. The molecule has 6 rings (SSSR count). The first-order chi connectivity index (χ1) is 21.1. The second kappa shape index (κ2) is 11.8. The van der Waals surface area contributed by atoms with Crippen LogP contribution in [0.15, 0.2) is 47.5 Å². The van der Waals surface area contributed by atoms with Crippen LogP contribution in [-0.2, 0) is 11.3 Å². The summed E-state index contributed by atoms with van der Waals surface area (Å²) in [4.78, 5) is 34.2. The monoisotopic (exact) mass is 603 g/mol. The van der Waals surface area contributed by atoms with Crippen molar-refractivity contribution in [2.24, 2.45) is 22.2 Å². The third kappa shape index (κ3) is 6.14. The molecule has 3 aliphatic rings. The minimum absolute atomic E-state index is 0.117. The molecule has 1 aromatic heterocycles. The average molecular weight is 604 g/mol. The molecule has 2 aromatic carbocycles. The van der Waals surface area contributed by atoms with Crippen molar-refractivity contribution in [3.8, 4) is 0 Å². The fraction of sp³-hybridized carbons (Fsp3) is 0.515. The summed E-state index contributed by atoms with van der Waals surface area (Å²) in [7, 11) is 0. The molecule has 0 bridgehead atoms.